The van der Waals surface area contributed by atoms with Crippen molar-refractivity contribution in [3.8, 4) is 5.75 Å². The lowest BCUT2D eigenvalue weighted by atomic mass is 9.75. The average molecular weight is 403 g/mol. The number of carbonyl (C=O) groups is 1. The predicted octanol–water partition coefficient (Wildman–Crippen LogP) is 3.76. The summed E-state index contributed by atoms with van der Waals surface area (Å²) in [4.78, 5) is 14.2. The fourth-order valence-electron chi connectivity index (χ4n) is 3.95. The summed E-state index contributed by atoms with van der Waals surface area (Å²) in [6.07, 6.45) is 2.66. The van der Waals surface area contributed by atoms with Crippen LogP contribution in [0.1, 0.15) is 60.8 Å². The summed E-state index contributed by atoms with van der Waals surface area (Å²) in [5.41, 5.74) is 0.287. The number of hydrogen-bond donors (Lipinski definition) is 0. The van der Waals surface area contributed by atoms with Gasteiger partial charge in [0.2, 0.25) is 0 Å². The van der Waals surface area contributed by atoms with Crippen molar-refractivity contribution in [2.24, 2.45) is 0 Å². The van der Waals surface area contributed by atoms with E-state index in [1.165, 1.54) is 0 Å². The van der Waals surface area contributed by atoms with Crippen molar-refractivity contribution < 1.29 is 23.6 Å². The number of amides is 1. The molecular weight excluding hydrogens is 369 g/mol. The monoisotopic (exact) mass is 403 g/mol. The minimum Gasteiger partial charge on any atom is -0.491 e. The van der Waals surface area contributed by atoms with Crippen molar-refractivity contribution >= 4 is 18.7 Å². The van der Waals surface area contributed by atoms with Crippen molar-refractivity contribution in [3.63, 3.8) is 0 Å². The molecular formula is C22H34BNO5. The number of likely N-dealkylation sites (tertiary alicyclic amines) is 1. The lowest BCUT2D eigenvalue weighted by Crippen LogP contribution is -2.51. The molecule has 1 aromatic rings. The van der Waals surface area contributed by atoms with Crippen LogP contribution >= 0.6 is 0 Å². The molecule has 2 fully saturated rings. The molecule has 3 rings (SSSR count). The summed E-state index contributed by atoms with van der Waals surface area (Å²) in [5.74, 6) is 0.771. The molecule has 29 heavy (non-hydrogen) atoms. The molecule has 160 valence electrons. The Labute approximate surface area is 175 Å². The Hall–Kier alpha value is -1.73. The Morgan fingerprint density at radius 1 is 1.28 bits per heavy atom. The molecule has 0 aliphatic carbocycles. The highest BCUT2D eigenvalue weighted by atomic mass is 16.6. The first-order valence-corrected chi connectivity index (χ1v) is 10.6. The van der Waals surface area contributed by atoms with Crippen LogP contribution in [0.4, 0.5) is 4.79 Å². The summed E-state index contributed by atoms with van der Waals surface area (Å²) in [6.45, 7) is 13.1. The number of nitrogens with zero attached hydrogens (tertiary/aromatic N) is 1. The van der Waals surface area contributed by atoms with E-state index in [9.17, 15) is 4.79 Å². The largest absolute Gasteiger partial charge is 0.494 e. The maximum atomic E-state index is 12.4. The normalized spacial score (nSPS) is 24.5. The maximum absolute atomic E-state index is 12.4. The Balaban J connectivity index is 1.55. The third-order valence-electron chi connectivity index (χ3n) is 5.16. The first-order valence-electron chi connectivity index (χ1n) is 10.6. The molecule has 2 atom stereocenters. The molecule has 2 saturated heterocycles. The van der Waals surface area contributed by atoms with E-state index in [-0.39, 0.29) is 31.0 Å². The highest BCUT2D eigenvalue weighted by Gasteiger charge is 2.38. The molecule has 6 nitrogen and oxygen atoms in total. The average Bonchev–Trinajstić information content (AvgIpc) is 3.06. The van der Waals surface area contributed by atoms with Crippen LogP contribution in [0.25, 0.3) is 0 Å². The van der Waals surface area contributed by atoms with Gasteiger partial charge >= 0.3 is 13.2 Å². The van der Waals surface area contributed by atoms with Crippen molar-refractivity contribution in [1.82, 2.24) is 4.90 Å². The molecule has 0 unspecified atom stereocenters. The summed E-state index contributed by atoms with van der Waals surface area (Å²) >= 11 is 0. The number of ether oxygens (including phenoxy) is 2. The van der Waals surface area contributed by atoms with E-state index in [0.29, 0.717) is 13.2 Å². The van der Waals surface area contributed by atoms with Gasteiger partial charge in [-0.05, 0) is 78.4 Å². The van der Waals surface area contributed by atoms with Gasteiger partial charge in [0.15, 0.2) is 0 Å². The van der Waals surface area contributed by atoms with Crippen LogP contribution in [0.3, 0.4) is 0 Å². The van der Waals surface area contributed by atoms with Crippen LogP contribution in [-0.4, -0.2) is 54.6 Å². The highest BCUT2D eigenvalue weighted by molar-refractivity contribution is 6.61. The molecule has 1 aromatic carbocycles. The molecule has 2 aliphatic rings. The third kappa shape index (κ3) is 6.13. The molecule has 0 N–H and O–H groups in total. The van der Waals surface area contributed by atoms with E-state index in [2.05, 4.69) is 20.8 Å². The number of benzene rings is 1. The topological polar surface area (TPSA) is 57.2 Å². The van der Waals surface area contributed by atoms with Gasteiger partial charge in [0.25, 0.3) is 0 Å². The zero-order chi connectivity index (χ0) is 21.2. The van der Waals surface area contributed by atoms with Gasteiger partial charge in [-0.15, -0.1) is 0 Å². The summed E-state index contributed by atoms with van der Waals surface area (Å²) in [7, 11) is -0.361. The molecule has 7 heteroatoms. The lowest BCUT2D eigenvalue weighted by Gasteiger charge is -2.38. The fourth-order valence-corrected chi connectivity index (χ4v) is 3.95. The second kappa shape index (κ2) is 8.56. The van der Waals surface area contributed by atoms with E-state index in [1.54, 1.807) is 4.90 Å². The Morgan fingerprint density at radius 3 is 2.59 bits per heavy atom. The molecule has 0 aromatic heterocycles. The van der Waals surface area contributed by atoms with Gasteiger partial charge in [-0.2, -0.15) is 0 Å². The van der Waals surface area contributed by atoms with Crippen molar-refractivity contribution in [2.75, 3.05) is 13.2 Å². The smallest absolute Gasteiger partial charge is 0.491 e. The summed E-state index contributed by atoms with van der Waals surface area (Å²) in [5, 5.41) is 0. The van der Waals surface area contributed by atoms with Crippen LogP contribution in [0.2, 0.25) is 0 Å². The molecule has 2 aliphatic heterocycles. The number of carbonyl (C=O) groups excluding carboxylic acids is 1. The molecule has 0 radical (unpaired) electrons. The molecule has 0 saturated carbocycles. The lowest BCUT2D eigenvalue weighted by molar-refractivity contribution is -0.0230. The Kier molecular flexibility index (Phi) is 6.49. The third-order valence-corrected chi connectivity index (χ3v) is 5.16. The van der Waals surface area contributed by atoms with Crippen molar-refractivity contribution in [1.29, 1.82) is 0 Å². The van der Waals surface area contributed by atoms with Crippen molar-refractivity contribution in [3.05, 3.63) is 24.3 Å². The zero-order valence-electron chi connectivity index (χ0n) is 18.6. The van der Waals surface area contributed by atoms with Gasteiger partial charge in [0.05, 0.1) is 11.6 Å². The first-order chi connectivity index (χ1) is 13.5. The van der Waals surface area contributed by atoms with Gasteiger partial charge in [-0.3, -0.25) is 0 Å². The second-order valence-electron chi connectivity index (χ2n) is 9.71. The zero-order valence-corrected chi connectivity index (χ0v) is 18.6. The van der Waals surface area contributed by atoms with Gasteiger partial charge in [0.1, 0.15) is 18.0 Å². The van der Waals surface area contributed by atoms with Crippen molar-refractivity contribution in [2.45, 2.75) is 84.2 Å². The number of hydrogen-bond acceptors (Lipinski definition) is 5. The van der Waals surface area contributed by atoms with E-state index in [1.807, 2.05) is 45.0 Å². The van der Waals surface area contributed by atoms with Crippen LogP contribution in [-0.2, 0) is 14.0 Å². The standard InChI is InChI=1S/C22H34BNO5/c1-16-14-22(5,6)29-23(28-16)17-9-11-19(12-10-17)26-15-18-8-7-13-24(18)20(25)27-21(2,3)4/h9-12,16,18H,7-8,13-15H2,1-6H3/t16-,18-/m0/s1. The van der Waals surface area contributed by atoms with Crippen LogP contribution in [0, 0.1) is 0 Å². The van der Waals surface area contributed by atoms with Gasteiger partial charge in [0, 0.05) is 12.6 Å². The van der Waals surface area contributed by atoms with Gasteiger partial charge < -0.3 is 23.7 Å². The van der Waals surface area contributed by atoms with Gasteiger partial charge in [-0.25, -0.2) is 4.79 Å². The fraction of sp³-hybridized carbons (Fsp3) is 0.682. The van der Waals surface area contributed by atoms with E-state index in [0.717, 1.165) is 30.5 Å². The molecule has 0 bridgehead atoms. The molecule has 2 heterocycles. The first kappa shape index (κ1) is 22.0. The Morgan fingerprint density at radius 2 is 1.97 bits per heavy atom. The predicted molar refractivity (Wildman–Crippen MR) is 114 cm³/mol. The van der Waals surface area contributed by atoms with E-state index >= 15 is 0 Å². The van der Waals surface area contributed by atoms with Crippen LogP contribution in [0.15, 0.2) is 24.3 Å². The molecule has 1 amide bonds. The van der Waals surface area contributed by atoms with Gasteiger partial charge in [-0.1, -0.05) is 12.1 Å². The van der Waals surface area contributed by atoms with E-state index in [4.69, 9.17) is 18.8 Å². The highest BCUT2D eigenvalue weighted by Crippen LogP contribution is 2.26. The maximum Gasteiger partial charge on any atom is 0.494 e. The molecule has 0 spiro atoms. The summed E-state index contributed by atoms with van der Waals surface area (Å²) in [6, 6.07) is 7.86. The minimum absolute atomic E-state index is 0.0381. The SMILES string of the molecule is C[C@H]1CC(C)(C)OB(c2ccc(OC[C@@H]3CCCN3C(=O)OC(C)(C)C)cc2)O1. The van der Waals surface area contributed by atoms with Crippen LogP contribution in [0.5, 0.6) is 5.75 Å². The van der Waals surface area contributed by atoms with E-state index < -0.39 is 5.60 Å². The quantitative estimate of drug-likeness (QED) is 0.717. The Bertz CT molecular complexity index is 700. The second-order valence-corrected chi connectivity index (χ2v) is 9.71. The number of rotatable bonds is 4. The van der Waals surface area contributed by atoms with Crippen LogP contribution < -0.4 is 10.2 Å². The summed E-state index contributed by atoms with van der Waals surface area (Å²) < 4.78 is 23.5. The minimum atomic E-state index is -0.490.